The molecule has 0 spiro atoms. The zero-order chi connectivity index (χ0) is 12.8. The van der Waals surface area contributed by atoms with E-state index in [2.05, 4.69) is 18.2 Å². The van der Waals surface area contributed by atoms with Crippen LogP contribution in [-0.2, 0) is 0 Å². The molecule has 0 N–H and O–H groups in total. The Hall–Kier alpha value is 0.0600. The molecular formula is C16H24Cl2. The monoisotopic (exact) mass is 286 g/mol. The average Bonchev–Trinajstić information content (AvgIpc) is 2.30. The summed E-state index contributed by atoms with van der Waals surface area (Å²) >= 11 is 12.6. The molecule has 0 aliphatic heterocycles. The molecule has 0 fully saturated rings. The second-order valence-corrected chi connectivity index (χ2v) is 6.66. The van der Waals surface area contributed by atoms with Crippen LogP contribution in [-0.4, -0.2) is 5.38 Å². The van der Waals surface area contributed by atoms with E-state index in [9.17, 15) is 0 Å². The largest absolute Gasteiger partial charge is 0.117 e. The number of alkyl halides is 1. The SMILES string of the molecule is Cl/C1=C/C(C2/C=C\CCCCC2)CCCCC1Cl. The fourth-order valence-electron chi connectivity index (χ4n) is 3.11. The number of hydrogen-bond acceptors (Lipinski definition) is 0. The lowest BCUT2D eigenvalue weighted by molar-refractivity contribution is 0.379. The van der Waals surface area contributed by atoms with Gasteiger partial charge in [-0.3, -0.25) is 0 Å². The molecule has 0 bridgehead atoms. The molecule has 0 radical (unpaired) electrons. The fourth-order valence-corrected chi connectivity index (χ4v) is 3.61. The summed E-state index contributed by atoms with van der Waals surface area (Å²) in [5.41, 5.74) is 0. The van der Waals surface area contributed by atoms with Gasteiger partial charge in [-0.1, -0.05) is 55.5 Å². The van der Waals surface area contributed by atoms with Gasteiger partial charge in [-0.2, -0.15) is 0 Å². The van der Waals surface area contributed by atoms with Crippen LogP contribution >= 0.6 is 23.2 Å². The van der Waals surface area contributed by atoms with Crippen LogP contribution in [0.5, 0.6) is 0 Å². The summed E-state index contributed by atoms with van der Waals surface area (Å²) in [6.45, 7) is 0. The third-order valence-electron chi connectivity index (χ3n) is 4.26. The second-order valence-electron chi connectivity index (χ2n) is 5.70. The number of allylic oxidation sites excluding steroid dienone is 4. The first kappa shape index (κ1) is 14.5. The van der Waals surface area contributed by atoms with Gasteiger partial charge in [0.2, 0.25) is 0 Å². The highest BCUT2D eigenvalue weighted by Gasteiger charge is 2.22. The van der Waals surface area contributed by atoms with Crippen molar-refractivity contribution >= 4 is 23.2 Å². The zero-order valence-electron chi connectivity index (χ0n) is 11.1. The van der Waals surface area contributed by atoms with E-state index < -0.39 is 0 Å². The van der Waals surface area contributed by atoms with Gasteiger partial charge in [0.15, 0.2) is 0 Å². The van der Waals surface area contributed by atoms with Crippen molar-refractivity contribution in [1.29, 1.82) is 0 Å². The van der Waals surface area contributed by atoms with Crippen molar-refractivity contribution in [3.05, 3.63) is 23.3 Å². The molecule has 0 nitrogen and oxygen atoms in total. The Kier molecular flexibility index (Phi) is 6.11. The Morgan fingerprint density at radius 3 is 2.50 bits per heavy atom. The van der Waals surface area contributed by atoms with Crippen LogP contribution in [0.1, 0.15) is 57.8 Å². The van der Waals surface area contributed by atoms with Gasteiger partial charge < -0.3 is 0 Å². The zero-order valence-corrected chi connectivity index (χ0v) is 12.6. The summed E-state index contributed by atoms with van der Waals surface area (Å²) in [4.78, 5) is 0. The Balaban J connectivity index is 2.07. The Morgan fingerprint density at radius 1 is 0.889 bits per heavy atom. The predicted octanol–water partition coefficient (Wildman–Crippen LogP) is 6.04. The minimum absolute atomic E-state index is 0.0482. The van der Waals surface area contributed by atoms with Gasteiger partial charge in [0.05, 0.1) is 5.38 Å². The lowest BCUT2D eigenvalue weighted by atomic mass is 9.81. The molecule has 0 aromatic heterocycles. The predicted molar refractivity (Wildman–Crippen MR) is 81.3 cm³/mol. The van der Waals surface area contributed by atoms with E-state index in [4.69, 9.17) is 23.2 Å². The van der Waals surface area contributed by atoms with Crippen molar-refractivity contribution in [2.24, 2.45) is 11.8 Å². The van der Waals surface area contributed by atoms with Crippen molar-refractivity contribution in [3.63, 3.8) is 0 Å². The molecule has 0 saturated heterocycles. The molecule has 2 aliphatic carbocycles. The quantitative estimate of drug-likeness (QED) is 0.407. The van der Waals surface area contributed by atoms with Gasteiger partial charge in [-0.15, -0.1) is 11.6 Å². The Labute approximate surface area is 121 Å². The molecule has 2 heteroatoms. The van der Waals surface area contributed by atoms with Crippen LogP contribution in [0.2, 0.25) is 0 Å². The van der Waals surface area contributed by atoms with Gasteiger partial charge in [0, 0.05) is 5.03 Å². The summed E-state index contributed by atoms with van der Waals surface area (Å²) in [6, 6.07) is 0. The molecule has 18 heavy (non-hydrogen) atoms. The smallest absolute Gasteiger partial charge is 0.0689 e. The third kappa shape index (κ3) is 4.31. The first-order valence-electron chi connectivity index (χ1n) is 7.45. The maximum absolute atomic E-state index is 6.34. The summed E-state index contributed by atoms with van der Waals surface area (Å²) in [6.07, 6.45) is 18.5. The number of halogens is 2. The minimum atomic E-state index is 0.0482. The molecule has 0 heterocycles. The van der Waals surface area contributed by atoms with E-state index in [0.717, 1.165) is 11.5 Å². The molecule has 0 amide bonds. The second kappa shape index (κ2) is 7.60. The highest BCUT2D eigenvalue weighted by atomic mass is 35.5. The molecular weight excluding hydrogens is 263 g/mol. The van der Waals surface area contributed by atoms with E-state index in [1.165, 1.54) is 51.4 Å². The standard InChI is InChI=1S/C16H24Cl2/c17-15-11-7-6-10-14(12-16(15)18)13-8-4-2-1-3-5-9-13/h4,8,12-15H,1-3,5-7,9-11H2/b8-4-,16-12+. The van der Waals surface area contributed by atoms with Crippen LogP contribution in [0.15, 0.2) is 23.3 Å². The third-order valence-corrected chi connectivity index (χ3v) is 5.21. The van der Waals surface area contributed by atoms with E-state index >= 15 is 0 Å². The van der Waals surface area contributed by atoms with Crippen LogP contribution in [0.3, 0.4) is 0 Å². The van der Waals surface area contributed by atoms with E-state index in [1.807, 2.05) is 0 Å². The average molecular weight is 287 g/mol. The Morgan fingerprint density at radius 2 is 1.61 bits per heavy atom. The van der Waals surface area contributed by atoms with Gasteiger partial charge in [0.1, 0.15) is 0 Å². The van der Waals surface area contributed by atoms with Crippen LogP contribution in [0.25, 0.3) is 0 Å². The van der Waals surface area contributed by atoms with Crippen molar-refractivity contribution < 1.29 is 0 Å². The van der Waals surface area contributed by atoms with E-state index in [-0.39, 0.29) is 5.38 Å². The molecule has 0 aromatic carbocycles. The van der Waals surface area contributed by atoms with E-state index in [0.29, 0.717) is 11.8 Å². The maximum atomic E-state index is 6.34. The topological polar surface area (TPSA) is 0 Å². The van der Waals surface area contributed by atoms with Crippen LogP contribution in [0.4, 0.5) is 0 Å². The normalized spacial score (nSPS) is 39.7. The van der Waals surface area contributed by atoms with Gasteiger partial charge in [-0.05, 0) is 43.9 Å². The van der Waals surface area contributed by atoms with Crippen molar-refractivity contribution in [2.75, 3.05) is 0 Å². The Bertz CT molecular complexity index is 306. The minimum Gasteiger partial charge on any atom is -0.117 e. The maximum Gasteiger partial charge on any atom is 0.0689 e. The molecule has 0 saturated carbocycles. The van der Waals surface area contributed by atoms with Crippen molar-refractivity contribution in [2.45, 2.75) is 63.2 Å². The molecule has 2 rings (SSSR count). The molecule has 102 valence electrons. The summed E-state index contributed by atoms with van der Waals surface area (Å²) in [7, 11) is 0. The summed E-state index contributed by atoms with van der Waals surface area (Å²) in [5.74, 6) is 1.29. The fraction of sp³-hybridized carbons (Fsp3) is 0.750. The first-order valence-corrected chi connectivity index (χ1v) is 8.27. The highest BCUT2D eigenvalue weighted by molar-refractivity contribution is 6.37. The lowest BCUT2D eigenvalue weighted by Gasteiger charge is -2.26. The van der Waals surface area contributed by atoms with Crippen molar-refractivity contribution in [1.82, 2.24) is 0 Å². The van der Waals surface area contributed by atoms with Crippen molar-refractivity contribution in [3.8, 4) is 0 Å². The van der Waals surface area contributed by atoms with Crippen LogP contribution in [0, 0.1) is 11.8 Å². The molecule has 0 aromatic rings. The summed E-state index contributed by atoms with van der Waals surface area (Å²) in [5, 5.41) is 0.934. The van der Waals surface area contributed by atoms with Gasteiger partial charge in [-0.25, -0.2) is 0 Å². The molecule has 3 unspecified atom stereocenters. The van der Waals surface area contributed by atoms with Gasteiger partial charge in [0.25, 0.3) is 0 Å². The first-order chi connectivity index (χ1) is 8.77. The number of rotatable bonds is 1. The lowest BCUT2D eigenvalue weighted by Crippen LogP contribution is -2.15. The molecule has 3 atom stereocenters. The van der Waals surface area contributed by atoms with Crippen LogP contribution < -0.4 is 0 Å². The number of hydrogen-bond donors (Lipinski definition) is 0. The van der Waals surface area contributed by atoms with E-state index in [1.54, 1.807) is 0 Å². The molecule has 2 aliphatic rings. The summed E-state index contributed by atoms with van der Waals surface area (Å²) < 4.78 is 0. The highest BCUT2D eigenvalue weighted by Crippen LogP contribution is 2.34. The van der Waals surface area contributed by atoms with Gasteiger partial charge >= 0.3 is 0 Å².